The van der Waals surface area contributed by atoms with Crippen LogP contribution in [0.2, 0.25) is 0 Å². The summed E-state index contributed by atoms with van der Waals surface area (Å²) in [6.45, 7) is 4.86. The normalized spacial score (nSPS) is 11.8. The molecule has 0 heterocycles. The second kappa shape index (κ2) is 8.69. The number of carbonyl (C=O) groups is 1. The number of carbonyl (C=O) groups excluding carboxylic acids is 1. The van der Waals surface area contributed by atoms with Gasteiger partial charge in [-0.15, -0.1) is 11.6 Å². The molecule has 1 rings (SSSR count). The first kappa shape index (κ1) is 16.6. The maximum absolute atomic E-state index is 11.4. The van der Waals surface area contributed by atoms with Crippen molar-refractivity contribution in [2.24, 2.45) is 0 Å². The van der Waals surface area contributed by atoms with E-state index in [4.69, 9.17) is 21.1 Å². The number of halogens is 1. The number of hydrogen-bond acceptors (Lipinski definition) is 3. The molecule has 1 aromatic rings. The highest BCUT2D eigenvalue weighted by molar-refractivity contribution is 6.30. The Labute approximate surface area is 125 Å². The van der Waals surface area contributed by atoms with E-state index in [1.54, 1.807) is 14.0 Å². The molecule has 0 aliphatic rings. The van der Waals surface area contributed by atoms with Crippen molar-refractivity contribution in [3.05, 3.63) is 23.8 Å². The van der Waals surface area contributed by atoms with Crippen LogP contribution in [-0.2, 0) is 11.2 Å². The summed E-state index contributed by atoms with van der Waals surface area (Å²) < 4.78 is 11.1. The van der Waals surface area contributed by atoms with Gasteiger partial charge in [0.2, 0.25) is 5.91 Å². The van der Waals surface area contributed by atoms with Crippen molar-refractivity contribution >= 4 is 17.5 Å². The van der Waals surface area contributed by atoms with Crippen LogP contribution in [0.1, 0.15) is 25.8 Å². The number of ether oxygens (including phenoxy) is 2. The molecule has 0 spiro atoms. The van der Waals surface area contributed by atoms with E-state index >= 15 is 0 Å². The number of benzene rings is 1. The van der Waals surface area contributed by atoms with Crippen molar-refractivity contribution in [3.63, 3.8) is 0 Å². The third-order valence-corrected chi connectivity index (χ3v) is 2.98. The minimum absolute atomic E-state index is 0.161. The molecular formula is C15H22ClNO3. The first-order valence-electron chi connectivity index (χ1n) is 6.80. The Hall–Kier alpha value is -1.42. The van der Waals surface area contributed by atoms with Gasteiger partial charge >= 0.3 is 0 Å². The van der Waals surface area contributed by atoms with Crippen molar-refractivity contribution in [1.29, 1.82) is 0 Å². The summed E-state index contributed by atoms with van der Waals surface area (Å²) in [6, 6.07) is 5.76. The molecule has 0 radical (unpaired) electrons. The van der Waals surface area contributed by atoms with Gasteiger partial charge in [-0.25, -0.2) is 0 Å². The molecular weight excluding hydrogens is 278 g/mol. The van der Waals surface area contributed by atoms with E-state index in [2.05, 4.69) is 12.2 Å². The smallest absolute Gasteiger partial charge is 0.237 e. The van der Waals surface area contributed by atoms with Gasteiger partial charge in [0.05, 0.1) is 13.7 Å². The Morgan fingerprint density at radius 3 is 2.80 bits per heavy atom. The van der Waals surface area contributed by atoms with Crippen molar-refractivity contribution in [2.45, 2.75) is 32.1 Å². The summed E-state index contributed by atoms with van der Waals surface area (Å²) in [4.78, 5) is 11.4. The minimum Gasteiger partial charge on any atom is -0.493 e. The first-order chi connectivity index (χ1) is 9.60. The van der Waals surface area contributed by atoms with E-state index in [-0.39, 0.29) is 5.91 Å². The number of rotatable bonds is 8. The van der Waals surface area contributed by atoms with Gasteiger partial charge in [-0.2, -0.15) is 0 Å². The molecule has 1 amide bonds. The van der Waals surface area contributed by atoms with Crippen LogP contribution in [0.25, 0.3) is 0 Å². The van der Waals surface area contributed by atoms with Crippen LogP contribution in [0.15, 0.2) is 18.2 Å². The molecule has 1 aromatic carbocycles. The van der Waals surface area contributed by atoms with Gasteiger partial charge in [0.15, 0.2) is 11.5 Å². The predicted molar refractivity (Wildman–Crippen MR) is 80.8 cm³/mol. The highest BCUT2D eigenvalue weighted by Gasteiger charge is 2.12. The Morgan fingerprint density at radius 2 is 2.20 bits per heavy atom. The number of para-hydroxylation sites is 1. The van der Waals surface area contributed by atoms with Crippen molar-refractivity contribution < 1.29 is 14.3 Å². The van der Waals surface area contributed by atoms with E-state index < -0.39 is 5.38 Å². The summed E-state index contributed by atoms with van der Waals surface area (Å²) in [6.07, 6.45) is 1.60. The zero-order chi connectivity index (χ0) is 15.0. The van der Waals surface area contributed by atoms with Gasteiger partial charge in [0.1, 0.15) is 5.38 Å². The van der Waals surface area contributed by atoms with E-state index in [9.17, 15) is 4.79 Å². The number of alkyl halides is 1. The molecule has 1 atom stereocenters. The Bertz CT molecular complexity index is 435. The van der Waals surface area contributed by atoms with Crippen LogP contribution in [0.3, 0.4) is 0 Å². The Balaban J connectivity index is 2.70. The van der Waals surface area contributed by atoms with Crippen molar-refractivity contribution in [2.75, 3.05) is 20.3 Å². The highest BCUT2D eigenvalue weighted by atomic mass is 35.5. The van der Waals surface area contributed by atoms with Gasteiger partial charge in [0.25, 0.3) is 0 Å². The lowest BCUT2D eigenvalue weighted by molar-refractivity contribution is -0.120. The zero-order valence-electron chi connectivity index (χ0n) is 12.2. The second-order valence-electron chi connectivity index (χ2n) is 4.45. The highest BCUT2D eigenvalue weighted by Crippen LogP contribution is 2.31. The van der Waals surface area contributed by atoms with Crippen LogP contribution in [0, 0.1) is 0 Å². The summed E-state index contributed by atoms with van der Waals surface area (Å²) >= 11 is 5.70. The Morgan fingerprint density at radius 1 is 1.45 bits per heavy atom. The van der Waals surface area contributed by atoms with E-state index in [1.165, 1.54) is 0 Å². The molecule has 1 N–H and O–H groups in total. The van der Waals surface area contributed by atoms with E-state index in [0.717, 1.165) is 17.7 Å². The number of methoxy groups -OCH3 is 1. The molecule has 20 heavy (non-hydrogen) atoms. The summed E-state index contributed by atoms with van der Waals surface area (Å²) in [5.74, 6) is 1.31. The fourth-order valence-electron chi connectivity index (χ4n) is 1.75. The fourth-order valence-corrected chi connectivity index (χ4v) is 1.82. The van der Waals surface area contributed by atoms with Gasteiger partial charge < -0.3 is 14.8 Å². The molecule has 0 saturated carbocycles. The zero-order valence-corrected chi connectivity index (χ0v) is 13.0. The molecule has 0 fully saturated rings. The van der Waals surface area contributed by atoms with Crippen LogP contribution >= 0.6 is 11.6 Å². The lowest BCUT2D eigenvalue weighted by Gasteiger charge is -2.15. The molecule has 0 aromatic heterocycles. The third kappa shape index (κ3) is 4.93. The largest absolute Gasteiger partial charge is 0.493 e. The van der Waals surface area contributed by atoms with Gasteiger partial charge in [-0.3, -0.25) is 4.79 Å². The van der Waals surface area contributed by atoms with Crippen LogP contribution in [0.4, 0.5) is 0 Å². The third-order valence-electron chi connectivity index (χ3n) is 2.79. The number of amides is 1. The molecule has 0 aliphatic heterocycles. The quantitative estimate of drug-likeness (QED) is 0.751. The summed E-state index contributed by atoms with van der Waals surface area (Å²) in [7, 11) is 1.62. The minimum atomic E-state index is -0.517. The van der Waals surface area contributed by atoms with Gasteiger partial charge in [0, 0.05) is 6.54 Å². The first-order valence-corrected chi connectivity index (χ1v) is 7.24. The lowest BCUT2D eigenvalue weighted by atomic mass is 10.1. The summed E-state index contributed by atoms with van der Waals surface area (Å²) in [5, 5.41) is 2.27. The van der Waals surface area contributed by atoms with Crippen molar-refractivity contribution in [3.8, 4) is 11.5 Å². The second-order valence-corrected chi connectivity index (χ2v) is 5.11. The maximum atomic E-state index is 11.4. The Kier molecular flexibility index (Phi) is 7.23. The molecule has 0 aliphatic carbocycles. The molecule has 4 nitrogen and oxygen atoms in total. The van der Waals surface area contributed by atoms with Crippen LogP contribution in [-0.4, -0.2) is 31.5 Å². The SMILES string of the molecule is CCCOc1c(CCNC(=O)C(C)Cl)cccc1OC. The predicted octanol–water partition coefficient (Wildman–Crippen LogP) is 2.77. The number of nitrogens with one attached hydrogen (secondary N) is 1. The van der Waals surface area contributed by atoms with Crippen molar-refractivity contribution in [1.82, 2.24) is 5.32 Å². The van der Waals surface area contributed by atoms with Crippen LogP contribution in [0.5, 0.6) is 11.5 Å². The monoisotopic (exact) mass is 299 g/mol. The van der Waals surface area contributed by atoms with E-state index in [1.807, 2.05) is 18.2 Å². The topological polar surface area (TPSA) is 47.6 Å². The standard InChI is InChI=1S/C15H22ClNO3/c1-4-10-20-14-12(6-5-7-13(14)19-3)8-9-17-15(18)11(2)16/h5-7,11H,4,8-10H2,1-3H3,(H,17,18). The lowest BCUT2D eigenvalue weighted by Crippen LogP contribution is -2.31. The van der Waals surface area contributed by atoms with Gasteiger partial charge in [-0.1, -0.05) is 19.1 Å². The molecule has 0 bridgehead atoms. The van der Waals surface area contributed by atoms with Gasteiger partial charge in [-0.05, 0) is 31.4 Å². The number of hydrogen-bond donors (Lipinski definition) is 1. The average molecular weight is 300 g/mol. The molecule has 5 heteroatoms. The average Bonchev–Trinajstić information content (AvgIpc) is 2.45. The van der Waals surface area contributed by atoms with Crippen LogP contribution < -0.4 is 14.8 Å². The van der Waals surface area contributed by atoms with E-state index in [0.29, 0.717) is 25.3 Å². The molecule has 0 saturated heterocycles. The molecule has 112 valence electrons. The fraction of sp³-hybridized carbons (Fsp3) is 0.533. The summed E-state index contributed by atoms with van der Waals surface area (Å²) in [5.41, 5.74) is 1.01. The maximum Gasteiger partial charge on any atom is 0.237 e. The molecule has 1 unspecified atom stereocenters.